The molecule has 0 aliphatic rings. The van der Waals surface area contributed by atoms with Gasteiger partial charge in [0.1, 0.15) is 11.3 Å². The number of likely N-dealkylation sites (N-methyl/N-ethyl adjacent to an activating group) is 1. The van der Waals surface area contributed by atoms with E-state index in [0.717, 1.165) is 0 Å². The Morgan fingerprint density at radius 2 is 2.14 bits per heavy atom. The van der Waals surface area contributed by atoms with Gasteiger partial charge >= 0.3 is 5.97 Å². The van der Waals surface area contributed by atoms with Gasteiger partial charge in [0.15, 0.2) is 10.8 Å². The second kappa shape index (κ2) is 7.02. The van der Waals surface area contributed by atoms with Gasteiger partial charge in [0.05, 0.1) is 0 Å². The van der Waals surface area contributed by atoms with Crippen molar-refractivity contribution >= 4 is 34.1 Å². The third-order valence-electron chi connectivity index (χ3n) is 1.96. The van der Waals surface area contributed by atoms with E-state index < -0.39 is 24.1 Å². The fraction of sp³-hybridized carbons (Fsp3) is 0.500. The van der Waals surface area contributed by atoms with Crippen LogP contribution in [0.1, 0.15) is 26.5 Å². The van der Waals surface area contributed by atoms with E-state index in [1.807, 2.05) is 0 Å². The molecule has 0 aliphatic carbocycles. The van der Waals surface area contributed by atoms with Gasteiger partial charge in [-0.2, -0.15) is 0 Å². The number of carbonyl (C=O) groups excluding carboxylic acids is 2. The van der Waals surface area contributed by atoms with Gasteiger partial charge in [0.25, 0.3) is 5.91 Å². The van der Waals surface area contributed by atoms with Crippen molar-refractivity contribution in [3.63, 3.8) is 0 Å². The van der Waals surface area contributed by atoms with Gasteiger partial charge in [-0.25, -0.2) is 9.78 Å². The number of nitrogens with two attached hydrogens (primary N) is 1. The van der Waals surface area contributed by atoms with E-state index in [4.69, 9.17) is 15.3 Å². The number of anilines is 1. The van der Waals surface area contributed by atoms with Crippen LogP contribution < -0.4 is 11.1 Å². The van der Waals surface area contributed by atoms with Crippen molar-refractivity contribution in [2.75, 3.05) is 19.4 Å². The van der Waals surface area contributed by atoms with Crippen molar-refractivity contribution in [1.29, 1.82) is 0 Å². The second-order valence-electron chi connectivity index (χ2n) is 4.95. The van der Waals surface area contributed by atoms with Crippen LogP contribution in [0.15, 0.2) is 10.5 Å². The van der Waals surface area contributed by atoms with E-state index in [9.17, 15) is 9.59 Å². The predicted octanol–water partition coefficient (Wildman–Crippen LogP) is 0.534. The summed E-state index contributed by atoms with van der Waals surface area (Å²) in [5.74, 6) is -1.08. The Balaban J connectivity index is 2.72. The van der Waals surface area contributed by atoms with Crippen molar-refractivity contribution in [2.45, 2.75) is 26.4 Å². The zero-order valence-corrected chi connectivity index (χ0v) is 13.1. The largest absolute Gasteiger partial charge is 0.457 e. The van der Waals surface area contributed by atoms with E-state index in [-0.39, 0.29) is 11.4 Å². The van der Waals surface area contributed by atoms with Gasteiger partial charge in [-0.05, 0) is 20.8 Å². The molecule has 0 radical (unpaired) electrons. The molecule has 0 bridgehead atoms. The molecule has 0 saturated carbocycles. The maximum Gasteiger partial charge on any atom is 0.347 e. The van der Waals surface area contributed by atoms with E-state index in [1.54, 1.807) is 26.2 Å². The van der Waals surface area contributed by atoms with Crippen LogP contribution in [-0.2, 0) is 19.2 Å². The Kier molecular flexibility index (Phi) is 5.65. The molecule has 0 spiro atoms. The van der Waals surface area contributed by atoms with Gasteiger partial charge < -0.3 is 20.6 Å². The first-order valence-electron chi connectivity index (χ1n) is 6.08. The molecule has 0 aliphatic heterocycles. The number of esters is 1. The number of oxime groups is 1. The summed E-state index contributed by atoms with van der Waals surface area (Å²) in [6.45, 7) is 4.81. The van der Waals surface area contributed by atoms with Crippen molar-refractivity contribution in [1.82, 2.24) is 10.3 Å². The Labute approximate surface area is 126 Å². The molecule has 21 heavy (non-hydrogen) atoms. The topological polar surface area (TPSA) is 116 Å². The number of nitrogens with zero attached hydrogens (tertiary/aromatic N) is 2. The summed E-state index contributed by atoms with van der Waals surface area (Å²) < 4.78 is 5.05. The molecule has 0 unspecified atom stereocenters. The van der Waals surface area contributed by atoms with Crippen LogP contribution in [0.25, 0.3) is 0 Å². The minimum Gasteiger partial charge on any atom is -0.457 e. The number of thiazole rings is 1. The summed E-state index contributed by atoms with van der Waals surface area (Å²) in [6.07, 6.45) is 0. The summed E-state index contributed by atoms with van der Waals surface area (Å²) in [5.41, 5.74) is 5.11. The maximum atomic E-state index is 11.7. The fourth-order valence-corrected chi connectivity index (χ4v) is 1.79. The van der Waals surface area contributed by atoms with Crippen molar-refractivity contribution in [3.8, 4) is 0 Å². The zero-order valence-electron chi connectivity index (χ0n) is 12.3. The standard InChI is InChI=1S/C12H18N4O4S/c1-12(2,3)20-8(17)5-19-16-9(10(18)14-4)7-6-21-11(13)15-7/h6H,5H2,1-4H3,(H2,13,15)(H,14,18)/b16-9-. The Bertz CT molecular complexity index is 548. The number of amides is 1. The van der Waals surface area contributed by atoms with Crippen molar-refractivity contribution < 1.29 is 19.2 Å². The molecule has 1 aromatic heterocycles. The molecule has 0 saturated heterocycles. The van der Waals surface area contributed by atoms with Crippen LogP contribution in [-0.4, -0.2) is 41.8 Å². The quantitative estimate of drug-likeness (QED) is 0.465. The van der Waals surface area contributed by atoms with E-state index in [1.165, 1.54) is 18.4 Å². The van der Waals surface area contributed by atoms with Crippen LogP contribution >= 0.6 is 11.3 Å². The molecule has 1 heterocycles. The molecule has 0 fully saturated rings. The first-order chi connectivity index (χ1) is 9.73. The molecule has 1 rings (SSSR count). The molecular weight excluding hydrogens is 296 g/mol. The van der Waals surface area contributed by atoms with Gasteiger partial charge in [0, 0.05) is 12.4 Å². The second-order valence-corrected chi connectivity index (χ2v) is 5.84. The average Bonchev–Trinajstić information content (AvgIpc) is 2.78. The first-order valence-corrected chi connectivity index (χ1v) is 6.96. The van der Waals surface area contributed by atoms with Crippen molar-refractivity contribution in [3.05, 3.63) is 11.1 Å². The highest BCUT2D eigenvalue weighted by Crippen LogP contribution is 2.12. The summed E-state index contributed by atoms with van der Waals surface area (Å²) in [5, 5.41) is 7.92. The fourth-order valence-electron chi connectivity index (χ4n) is 1.24. The summed E-state index contributed by atoms with van der Waals surface area (Å²) >= 11 is 1.17. The molecule has 1 aromatic rings. The van der Waals surface area contributed by atoms with Crippen molar-refractivity contribution in [2.24, 2.45) is 5.16 Å². The maximum absolute atomic E-state index is 11.7. The molecule has 0 atom stereocenters. The van der Waals surface area contributed by atoms with Crippen LogP contribution in [0.3, 0.4) is 0 Å². The summed E-state index contributed by atoms with van der Waals surface area (Å²) in [7, 11) is 1.45. The smallest absolute Gasteiger partial charge is 0.347 e. The lowest BCUT2D eigenvalue weighted by atomic mass is 10.2. The zero-order chi connectivity index (χ0) is 16.0. The van der Waals surface area contributed by atoms with E-state index in [0.29, 0.717) is 5.13 Å². The van der Waals surface area contributed by atoms with Gasteiger partial charge in [0.2, 0.25) is 6.61 Å². The molecule has 1 amide bonds. The van der Waals surface area contributed by atoms with Gasteiger partial charge in [-0.3, -0.25) is 4.79 Å². The highest BCUT2D eigenvalue weighted by Gasteiger charge is 2.19. The lowest BCUT2D eigenvalue weighted by Crippen LogP contribution is -2.30. The van der Waals surface area contributed by atoms with Crippen LogP contribution in [0.5, 0.6) is 0 Å². The number of aromatic nitrogens is 1. The minimum atomic E-state index is -0.614. The van der Waals surface area contributed by atoms with Gasteiger partial charge in [-0.15, -0.1) is 11.3 Å². The normalized spacial score (nSPS) is 11.9. The third kappa shape index (κ3) is 5.78. The number of rotatable bonds is 5. The molecule has 0 aromatic carbocycles. The number of ether oxygens (including phenoxy) is 1. The third-order valence-corrected chi connectivity index (χ3v) is 2.64. The SMILES string of the molecule is CNC(=O)/C(=N\OCC(=O)OC(C)(C)C)c1csc(N)n1. The number of carbonyl (C=O) groups is 2. The van der Waals surface area contributed by atoms with Crippen LogP contribution in [0.2, 0.25) is 0 Å². The lowest BCUT2D eigenvalue weighted by molar-refractivity contribution is -0.160. The number of hydrogen-bond acceptors (Lipinski definition) is 8. The Morgan fingerprint density at radius 3 is 2.62 bits per heavy atom. The average molecular weight is 314 g/mol. The highest BCUT2D eigenvalue weighted by molar-refractivity contribution is 7.13. The Morgan fingerprint density at radius 1 is 1.48 bits per heavy atom. The molecule has 3 N–H and O–H groups in total. The van der Waals surface area contributed by atoms with E-state index >= 15 is 0 Å². The number of nitrogen functional groups attached to an aromatic ring is 1. The van der Waals surface area contributed by atoms with Crippen LogP contribution in [0, 0.1) is 0 Å². The first kappa shape index (κ1) is 16.9. The molecule has 116 valence electrons. The summed E-state index contributed by atoms with van der Waals surface area (Å²) in [4.78, 5) is 32.0. The van der Waals surface area contributed by atoms with E-state index in [2.05, 4.69) is 15.5 Å². The Hall–Kier alpha value is -2.16. The molecule has 9 heteroatoms. The minimum absolute atomic E-state index is 0.0611. The summed E-state index contributed by atoms with van der Waals surface area (Å²) in [6, 6.07) is 0. The van der Waals surface area contributed by atoms with Crippen LogP contribution in [0.4, 0.5) is 5.13 Å². The predicted molar refractivity (Wildman–Crippen MR) is 78.9 cm³/mol. The monoisotopic (exact) mass is 314 g/mol. The lowest BCUT2D eigenvalue weighted by Gasteiger charge is -2.18. The molecular formula is C12H18N4O4S. The number of hydrogen-bond donors (Lipinski definition) is 2. The number of nitrogens with one attached hydrogen (secondary N) is 1. The van der Waals surface area contributed by atoms with Gasteiger partial charge in [-0.1, -0.05) is 5.16 Å². The molecule has 8 nitrogen and oxygen atoms in total. The highest BCUT2D eigenvalue weighted by atomic mass is 32.1.